The lowest BCUT2D eigenvalue weighted by atomic mass is 9.94. The van der Waals surface area contributed by atoms with Crippen molar-refractivity contribution in [1.82, 2.24) is 35.2 Å². The number of aromatic nitrogens is 5. The maximum Gasteiger partial charge on any atom is 0.213 e. The van der Waals surface area contributed by atoms with Crippen LogP contribution < -0.4 is 4.72 Å². The molecule has 3 aromatic carbocycles. The summed E-state index contributed by atoms with van der Waals surface area (Å²) in [4.78, 5) is 19.1. The van der Waals surface area contributed by atoms with E-state index in [1.807, 2.05) is 85.6 Å². The molecule has 2 heterocycles. The third kappa shape index (κ3) is 6.59. The fourth-order valence-corrected chi connectivity index (χ4v) is 6.24. The number of hydrogen-bond acceptors (Lipinski definition) is 7. The lowest BCUT2D eigenvalue weighted by Crippen LogP contribution is -2.45. The Labute approximate surface area is 239 Å². The summed E-state index contributed by atoms with van der Waals surface area (Å²) in [5.74, 6) is 0.165. The van der Waals surface area contributed by atoms with Gasteiger partial charge in [-0.2, -0.15) is 0 Å². The molecule has 0 amide bonds. The molecular weight excluding hydrogens is 538 g/mol. The summed E-state index contributed by atoms with van der Waals surface area (Å²) in [6.07, 6.45) is 2.06. The molecule has 5 rings (SSSR count). The Morgan fingerprint density at radius 1 is 0.951 bits per heavy atom. The Hall–Kier alpha value is -4.19. The maximum atomic E-state index is 13.9. The molecule has 10 nitrogen and oxygen atoms in total. The Bertz CT molecular complexity index is 1710. The molecule has 0 aliphatic heterocycles. The summed E-state index contributed by atoms with van der Waals surface area (Å²) in [7, 11) is -3.73. The van der Waals surface area contributed by atoms with Gasteiger partial charge in [0.05, 0.1) is 11.8 Å². The van der Waals surface area contributed by atoms with E-state index in [1.54, 1.807) is 12.1 Å². The van der Waals surface area contributed by atoms with Gasteiger partial charge >= 0.3 is 0 Å². The normalized spacial score (nSPS) is 12.7. The monoisotopic (exact) mass is 571 g/mol. The van der Waals surface area contributed by atoms with Crippen LogP contribution in [0.5, 0.6) is 0 Å². The largest absolute Gasteiger partial charge is 0.361 e. The summed E-state index contributed by atoms with van der Waals surface area (Å²) in [6, 6.07) is 21.7. The molecule has 0 aliphatic rings. The predicted molar refractivity (Wildman–Crippen MR) is 160 cm³/mol. The number of hydrogen-bond donors (Lipinski definition) is 3. The first-order valence-corrected chi connectivity index (χ1v) is 15.3. The highest BCUT2D eigenvalue weighted by Crippen LogP contribution is 2.30. The number of sulfonamides is 1. The number of aromatic amines is 2. The van der Waals surface area contributed by atoms with Crippen molar-refractivity contribution in [2.45, 2.75) is 26.3 Å². The van der Waals surface area contributed by atoms with E-state index in [2.05, 4.69) is 30.3 Å². The lowest BCUT2D eigenvalue weighted by molar-refractivity contribution is 0.0953. The zero-order valence-corrected chi connectivity index (χ0v) is 23.9. The predicted octanol–water partition coefficient (Wildman–Crippen LogP) is 4.07. The molecule has 41 heavy (non-hydrogen) atoms. The Balaban J connectivity index is 1.42. The molecule has 3 N–H and O–H groups in total. The number of rotatable bonds is 13. The second-order valence-electron chi connectivity index (χ2n) is 9.82. The smallest absolute Gasteiger partial charge is 0.213 e. The van der Waals surface area contributed by atoms with E-state index >= 15 is 0 Å². The third-order valence-corrected chi connectivity index (χ3v) is 8.68. The van der Waals surface area contributed by atoms with Crippen molar-refractivity contribution in [3.8, 4) is 22.5 Å². The molecule has 0 saturated carbocycles. The second kappa shape index (κ2) is 12.5. The number of carbonyl (C=O) groups is 1. The van der Waals surface area contributed by atoms with Gasteiger partial charge in [-0.05, 0) is 52.7 Å². The zero-order valence-electron chi connectivity index (χ0n) is 23.0. The molecule has 0 bridgehead atoms. The van der Waals surface area contributed by atoms with Crippen molar-refractivity contribution < 1.29 is 13.2 Å². The molecule has 0 aliphatic carbocycles. The van der Waals surface area contributed by atoms with Crippen LogP contribution in [-0.2, 0) is 16.4 Å². The van der Waals surface area contributed by atoms with Crippen molar-refractivity contribution in [2.75, 3.05) is 25.4 Å². The second-order valence-corrected chi connectivity index (χ2v) is 11.7. The Morgan fingerprint density at radius 3 is 2.37 bits per heavy atom. The van der Waals surface area contributed by atoms with E-state index in [9.17, 15) is 13.2 Å². The summed E-state index contributed by atoms with van der Waals surface area (Å²) in [5, 5.41) is 15.1. The van der Waals surface area contributed by atoms with Gasteiger partial charge in [-0.15, -0.1) is 5.10 Å². The average Bonchev–Trinajstić information content (AvgIpc) is 3.68. The molecule has 11 heteroatoms. The van der Waals surface area contributed by atoms with Gasteiger partial charge in [0.15, 0.2) is 11.6 Å². The van der Waals surface area contributed by atoms with Gasteiger partial charge in [-0.25, -0.2) is 18.2 Å². The van der Waals surface area contributed by atoms with Crippen molar-refractivity contribution >= 4 is 26.7 Å². The number of carbonyl (C=O) groups excluding carboxylic acids is 1. The number of tetrazole rings is 1. The minimum atomic E-state index is -3.73. The number of benzene rings is 3. The molecule has 5 aromatic rings. The van der Waals surface area contributed by atoms with Crippen molar-refractivity contribution in [1.29, 1.82) is 0 Å². The van der Waals surface area contributed by atoms with Crippen molar-refractivity contribution in [3.63, 3.8) is 0 Å². The standard InChI is InChI=1S/C30H33N7O3S/c1-3-37(4-2)17-18-41(39,40)34-28(19-23-20-31-27-12-8-7-10-25(23)27)29(38)22-15-13-21(14-16-22)24-9-5-6-11-26(24)30-32-35-36-33-30/h5-16,20,28,31,34H,3-4,17-19H2,1-2H3,(H,32,33,35,36). The number of Topliss-reactive ketones (excluding diaryl/α,β-unsaturated/α-hetero) is 1. The van der Waals surface area contributed by atoms with Crippen LogP contribution in [0.25, 0.3) is 33.4 Å². The van der Waals surface area contributed by atoms with Crippen LogP contribution in [-0.4, -0.2) is 76.1 Å². The first-order valence-electron chi connectivity index (χ1n) is 13.6. The van der Waals surface area contributed by atoms with Gasteiger partial charge in [-0.1, -0.05) is 80.6 Å². The Kier molecular flexibility index (Phi) is 8.67. The van der Waals surface area contributed by atoms with E-state index in [0.717, 1.165) is 46.2 Å². The van der Waals surface area contributed by atoms with Crippen LogP contribution in [0.1, 0.15) is 29.8 Å². The molecule has 0 spiro atoms. The maximum absolute atomic E-state index is 13.9. The molecule has 0 radical (unpaired) electrons. The topological polar surface area (TPSA) is 137 Å². The van der Waals surface area contributed by atoms with Gasteiger partial charge in [0.1, 0.15) is 0 Å². The van der Waals surface area contributed by atoms with Gasteiger partial charge in [0.25, 0.3) is 0 Å². The van der Waals surface area contributed by atoms with Crippen LogP contribution in [0.4, 0.5) is 0 Å². The molecule has 1 unspecified atom stereocenters. The number of nitrogens with zero attached hydrogens (tertiary/aromatic N) is 4. The number of ketones is 1. The number of para-hydroxylation sites is 1. The third-order valence-electron chi connectivity index (χ3n) is 7.32. The highest BCUT2D eigenvalue weighted by Gasteiger charge is 2.27. The summed E-state index contributed by atoms with van der Waals surface area (Å²) >= 11 is 0. The van der Waals surface area contributed by atoms with Crippen LogP contribution in [0, 0.1) is 0 Å². The number of nitrogens with one attached hydrogen (secondary N) is 3. The lowest BCUT2D eigenvalue weighted by Gasteiger charge is -2.21. The Morgan fingerprint density at radius 2 is 1.66 bits per heavy atom. The number of fused-ring (bicyclic) bond motifs is 1. The molecule has 0 saturated heterocycles. The molecular formula is C30H33N7O3S. The molecule has 0 fully saturated rings. The van der Waals surface area contributed by atoms with Crippen LogP contribution in [0.3, 0.4) is 0 Å². The zero-order chi connectivity index (χ0) is 28.8. The molecule has 2 aromatic heterocycles. The van der Waals surface area contributed by atoms with E-state index in [0.29, 0.717) is 17.9 Å². The van der Waals surface area contributed by atoms with E-state index in [1.165, 1.54) is 0 Å². The van der Waals surface area contributed by atoms with E-state index < -0.39 is 16.1 Å². The average molecular weight is 572 g/mol. The fourth-order valence-electron chi connectivity index (χ4n) is 5.00. The first kappa shape index (κ1) is 28.3. The van der Waals surface area contributed by atoms with Gasteiger partial charge in [0, 0.05) is 34.8 Å². The highest BCUT2D eigenvalue weighted by molar-refractivity contribution is 7.89. The fraction of sp³-hybridized carbons (Fsp3) is 0.267. The molecule has 212 valence electrons. The van der Waals surface area contributed by atoms with Gasteiger partial charge in [-0.3, -0.25) is 4.79 Å². The minimum absolute atomic E-state index is 0.0848. The summed E-state index contributed by atoms with van der Waals surface area (Å²) < 4.78 is 29.1. The SMILES string of the molecule is CCN(CC)CCS(=O)(=O)NC(Cc1c[nH]c2ccccc12)C(=O)c1ccc(-c2ccccc2-c2nnn[nH]2)cc1. The first-order chi connectivity index (χ1) is 19.9. The minimum Gasteiger partial charge on any atom is -0.361 e. The van der Waals surface area contributed by atoms with Gasteiger partial charge in [0.2, 0.25) is 10.0 Å². The summed E-state index contributed by atoms with van der Waals surface area (Å²) in [6.45, 7) is 5.90. The molecule has 1 atom stereocenters. The van der Waals surface area contributed by atoms with Crippen LogP contribution >= 0.6 is 0 Å². The number of H-pyrrole nitrogens is 2. The quantitative estimate of drug-likeness (QED) is 0.181. The van der Waals surface area contributed by atoms with Crippen LogP contribution in [0.2, 0.25) is 0 Å². The van der Waals surface area contributed by atoms with Crippen molar-refractivity contribution in [3.05, 3.63) is 90.1 Å². The van der Waals surface area contributed by atoms with Crippen LogP contribution in [0.15, 0.2) is 79.0 Å². The summed E-state index contributed by atoms with van der Waals surface area (Å²) in [5.41, 5.74) is 4.83. The highest BCUT2D eigenvalue weighted by atomic mass is 32.2. The van der Waals surface area contributed by atoms with E-state index in [-0.39, 0.29) is 18.0 Å². The van der Waals surface area contributed by atoms with E-state index in [4.69, 9.17) is 0 Å². The van der Waals surface area contributed by atoms with Gasteiger partial charge < -0.3 is 9.88 Å². The van der Waals surface area contributed by atoms with Crippen molar-refractivity contribution in [2.24, 2.45) is 0 Å².